The SMILES string of the molecule is [CH3][Sn]12[S]C3[S][Sn]([CH3])([S]1)[S][Sn]([CH3])([S]3)[S]2. The van der Waals surface area contributed by atoms with Crippen molar-refractivity contribution >= 4 is 87.9 Å². The minimum atomic E-state index is -1.62. The maximum absolute atomic E-state index is 2.71. The second-order valence-electron chi connectivity index (χ2n) is 3.54. The molecule has 4 aliphatic rings. The first-order chi connectivity index (χ1) is 5.91. The molecule has 0 radical (unpaired) electrons. The van der Waals surface area contributed by atoms with Crippen molar-refractivity contribution in [1.29, 1.82) is 0 Å². The number of hydrogen-bond acceptors (Lipinski definition) is 6. The van der Waals surface area contributed by atoms with Crippen molar-refractivity contribution in [2.24, 2.45) is 0 Å². The molecule has 4 fully saturated rings. The van der Waals surface area contributed by atoms with E-state index >= 15 is 0 Å². The molecule has 13 heavy (non-hydrogen) atoms. The molecule has 0 aromatic rings. The van der Waals surface area contributed by atoms with Crippen LogP contribution in [0.2, 0.25) is 14.8 Å². The van der Waals surface area contributed by atoms with E-state index in [4.69, 9.17) is 0 Å². The summed E-state index contributed by atoms with van der Waals surface area (Å²) in [7, 11) is 7.38. The summed E-state index contributed by atoms with van der Waals surface area (Å²) >= 11 is -4.87. The Kier molecular flexibility index (Phi) is 3.85. The molecule has 4 saturated heterocycles. The monoisotopic (exact) mass is 610 g/mol. The van der Waals surface area contributed by atoms with Crippen LogP contribution in [0.4, 0.5) is 0 Å². The Morgan fingerprint density at radius 2 is 1.00 bits per heavy atom. The Hall–Kier alpha value is 4.50. The summed E-state index contributed by atoms with van der Waals surface area (Å²) in [6.07, 6.45) is 7.86. The van der Waals surface area contributed by atoms with Gasteiger partial charge < -0.3 is 0 Å². The number of rotatable bonds is 0. The Labute approximate surface area is 103 Å². The molecular weight excluding hydrogens is 597 g/mol. The first kappa shape index (κ1) is 12.5. The Morgan fingerprint density at radius 3 is 1.23 bits per heavy atom. The van der Waals surface area contributed by atoms with Gasteiger partial charge in [-0.1, -0.05) is 0 Å². The molecule has 4 rings (SSSR count). The van der Waals surface area contributed by atoms with E-state index in [0.717, 1.165) is 3.91 Å². The van der Waals surface area contributed by atoms with Crippen molar-refractivity contribution in [1.82, 2.24) is 0 Å². The third kappa shape index (κ3) is 2.47. The van der Waals surface area contributed by atoms with Crippen molar-refractivity contribution in [3.63, 3.8) is 0 Å². The summed E-state index contributed by atoms with van der Waals surface area (Å²) in [4.78, 5) is 8.14. The molecule has 0 aromatic heterocycles. The van der Waals surface area contributed by atoms with Crippen LogP contribution in [0.25, 0.3) is 0 Å². The van der Waals surface area contributed by atoms with Crippen LogP contribution in [0.3, 0.4) is 0 Å². The summed E-state index contributed by atoms with van der Waals surface area (Å²) in [5.74, 6) is 0. The standard InChI is InChI=1S/CH4S3.3CH3.3S.3Sn/c2-1(3)4;;;;;;;;;/h1-4H;3*1H3;;;;;;/q;;;;;;;3*+1/p-3. The molecule has 4 bridgehead atoms. The molecule has 0 amide bonds. The van der Waals surface area contributed by atoms with Gasteiger partial charge in [0.05, 0.1) is 0 Å². The zero-order valence-electron chi connectivity index (χ0n) is 7.53. The molecule has 0 unspecified atom stereocenters. The second kappa shape index (κ2) is 3.99. The van der Waals surface area contributed by atoms with E-state index < -0.39 is 42.7 Å². The normalized spacial score (nSPS) is 64.4. The first-order valence-corrected chi connectivity index (χ1v) is 49.2. The van der Waals surface area contributed by atoms with Gasteiger partial charge in [0, 0.05) is 0 Å². The van der Waals surface area contributed by atoms with Gasteiger partial charge in [-0.05, 0) is 0 Å². The van der Waals surface area contributed by atoms with E-state index in [1.54, 1.807) is 0 Å². The molecule has 9 heteroatoms. The van der Waals surface area contributed by atoms with E-state index in [1.807, 2.05) is 0 Å². The van der Waals surface area contributed by atoms with Crippen molar-refractivity contribution in [2.45, 2.75) is 18.7 Å². The Balaban J connectivity index is 2.03. The van der Waals surface area contributed by atoms with E-state index in [-0.39, 0.29) is 0 Å². The van der Waals surface area contributed by atoms with Crippen LogP contribution in [0.15, 0.2) is 0 Å². The summed E-state index contributed by atoms with van der Waals surface area (Å²) in [5, 5.41) is 0. The fourth-order valence-electron chi connectivity index (χ4n) is 1.81. The minimum absolute atomic E-state index is 1.05. The zero-order valence-corrected chi connectivity index (χ0v) is 21.0. The van der Waals surface area contributed by atoms with Crippen LogP contribution in [0, 0.1) is 0 Å². The molecule has 74 valence electrons. The molecule has 0 aromatic carbocycles. The summed E-state index contributed by atoms with van der Waals surface area (Å²) in [6, 6.07) is 0. The van der Waals surface area contributed by atoms with Crippen LogP contribution < -0.4 is 0 Å². The molecule has 0 N–H and O–H groups in total. The molecule has 0 atom stereocenters. The average Bonchev–Trinajstić information content (AvgIpc) is 1.71. The van der Waals surface area contributed by atoms with Crippen molar-refractivity contribution in [3.05, 3.63) is 0 Å². The van der Waals surface area contributed by atoms with Gasteiger partial charge in [0.1, 0.15) is 0 Å². The first-order valence-electron chi connectivity index (χ1n) is 4.04. The van der Waals surface area contributed by atoms with Crippen molar-refractivity contribution < 1.29 is 0 Å². The van der Waals surface area contributed by atoms with Crippen LogP contribution in [-0.2, 0) is 0 Å². The van der Waals surface area contributed by atoms with E-state index in [1.165, 1.54) is 0 Å². The van der Waals surface area contributed by atoms with Crippen molar-refractivity contribution in [2.75, 3.05) is 0 Å². The van der Waals surface area contributed by atoms with Gasteiger partial charge in [0.15, 0.2) is 0 Å². The molecule has 4 heterocycles. The van der Waals surface area contributed by atoms with Crippen LogP contribution in [-0.4, -0.2) is 46.6 Å². The zero-order chi connectivity index (χ0) is 9.32. The van der Waals surface area contributed by atoms with Gasteiger partial charge in [-0.25, -0.2) is 0 Å². The van der Waals surface area contributed by atoms with Crippen LogP contribution >= 0.6 is 45.2 Å². The van der Waals surface area contributed by atoms with Crippen LogP contribution in [0.1, 0.15) is 0 Å². The average molecular weight is 607 g/mol. The van der Waals surface area contributed by atoms with Gasteiger partial charge in [-0.2, -0.15) is 0 Å². The fourth-order valence-corrected chi connectivity index (χ4v) is 809. The van der Waals surface area contributed by atoms with Gasteiger partial charge in [0.2, 0.25) is 0 Å². The maximum atomic E-state index is 2.71. The van der Waals surface area contributed by atoms with Crippen molar-refractivity contribution in [3.8, 4) is 0 Å². The predicted molar refractivity (Wildman–Crippen MR) is 84.2 cm³/mol. The van der Waals surface area contributed by atoms with E-state index in [2.05, 4.69) is 60.0 Å². The molecular formula is C4H10S6Sn3. The van der Waals surface area contributed by atoms with Crippen LogP contribution in [0.5, 0.6) is 0 Å². The molecule has 4 aliphatic heterocycles. The Morgan fingerprint density at radius 1 is 0.692 bits per heavy atom. The molecule has 0 spiro atoms. The summed E-state index contributed by atoms with van der Waals surface area (Å²) in [6.45, 7) is 0. The quantitative estimate of drug-likeness (QED) is 0.372. The predicted octanol–water partition coefficient (Wildman–Crippen LogP) is 4.42. The van der Waals surface area contributed by atoms with Gasteiger partial charge in [-0.15, -0.1) is 0 Å². The number of hydrogen-bond donors (Lipinski definition) is 0. The van der Waals surface area contributed by atoms with E-state index in [0.29, 0.717) is 0 Å². The third-order valence-corrected chi connectivity index (χ3v) is 327. The summed E-state index contributed by atoms with van der Waals surface area (Å²) in [5.41, 5.74) is 0. The molecule has 0 nitrogen and oxygen atoms in total. The van der Waals surface area contributed by atoms with Gasteiger partial charge >= 0.3 is 107 Å². The molecule has 0 aliphatic carbocycles. The van der Waals surface area contributed by atoms with Gasteiger partial charge in [0.25, 0.3) is 0 Å². The fraction of sp³-hybridized carbons (Fsp3) is 1.00. The Bertz CT molecular complexity index is 222. The van der Waals surface area contributed by atoms with Gasteiger partial charge in [-0.3, -0.25) is 0 Å². The van der Waals surface area contributed by atoms with E-state index in [9.17, 15) is 0 Å². The second-order valence-corrected chi connectivity index (χ2v) is 133. The topological polar surface area (TPSA) is 0 Å². The third-order valence-electron chi connectivity index (χ3n) is 2.04. The molecule has 0 saturated carbocycles. The summed E-state index contributed by atoms with van der Waals surface area (Å²) < 4.78 is 1.05.